The molecule has 4 heteroatoms. The lowest BCUT2D eigenvalue weighted by molar-refractivity contribution is -0.135. The highest BCUT2D eigenvalue weighted by molar-refractivity contribution is 6.02. The molecule has 2 amide bonds. The van der Waals surface area contributed by atoms with Gasteiger partial charge in [0.2, 0.25) is 11.8 Å². The molecule has 0 saturated carbocycles. The number of hydrogen-bond donors (Lipinski definition) is 0. The Labute approximate surface area is 119 Å². The number of likely N-dealkylation sites (tertiary alicyclic amines) is 1. The van der Waals surface area contributed by atoms with Gasteiger partial charge in [0.15, 0.2) is 0 Å². The molecule has 0 bridgehead atoms. The summed E-state index contributed by atoms with van der Waals surface area (Å²) in [6.07, 6.45) is 3.99. The van der Waals surface area contributed by atoms with Crippen LogP contribution in [-0.4, -0.2) is 35.8 Å². The Bertz CT molecular complexity index is 535. The van der Waals surface area contributed by atoms with Crippen molar-refractivity contribution in [3.8, 4) is 0 Å². The molecule has 2 aliphatic rings. The summed E-state index contributed by atoms with van der Waals surface area (Å²) in [7, 11) is 0. The molecule has 3 rings (SSSR count). The van der Waals surface area contributed by atoms with Crippen LogP contribution in [0.1, 0.15) is 31.7 Å². The molecule has 1 unspecified atom stereocenters. The predicted octanol–water partition coefficient (Wildman–Crippen LogP) is 1.98. The number of amides is 2. The van der Waals surface area contributed by atoms with E-state index in [0.717, 1.165) is 37.2 Å². The zero-order chi connectivity index (χ0) is 14.1. The van der Waals surface area contributed by atoms with Gasteiger partial charge in [0.05, 0.1) is 0 Å². The summed E-state index contributed by atoms with van der Waals surface area (Å²) in [6.45, 7) is 3.20. The van der Waals surface area contributed by atoms with Crippen molar-refractivity contribution in [2.45, 2.75) is 38.6 Å². The summed E-state index contributed by atoms with van der Waals surface area (Å²) in [6, 6.07) is 7.48. The minimum absolute atomic E-state index is 0.0506. The summed E-state index contributed by atoms with van der Waals surface area (Å²) < 4.78 is 0. The van der Waals surface area contributed by atoms with Gasteiger partial charge in [0.1, 0.15) is 6.04 Å². The lowest BCUT2D eigenvalue weighted by Gasteiger charge is -2.32. The van der Waals surface area contributed by atoms with Crippen molar-refractivity contribution < 1.29 is 9.59 Å². The van der Waals surface area contributed by atoms with Crippen LogP contribution in [-0.2, 0) is 16.0 Å². The lowest BCUT2D eigenvalue weighted by Crippen LogP contribution is -2.50. The molecule has 20 heavy (non-hydrogen) atoms. The number of para-hydroxylation sites is 1. The van der Waals surface area contributed by atoms with Crippen LogP contribution in [0.15, 0.2) is 24.3 Å². The largest absolute Gasteiger partial charge is 0.341 e. The minimum Gasteiger partial charge on any atom is -0.341 e. The van der Waals surface area contributed by atoms with E-state index in [4.69, 9.17) is 0 Å². The van der Waals surface area contributed by atoms with E-state index in [1.165, 1.54) is 6.42 Å². The van der Waals surface area contributed by atoms with Crippen LogP contribution in [0.2, 0.25) is 0 Å². The Hall–Kier alpha value is -1.84. The highest BCUT2D eigenvalue weighted by Crippen LogP contribution is 2.33. The van der Waals surface area contributed by atoms with Gasteiger partial charge in [-0.2, -0.15) is 0 Å². The molecule has 2 aliphatic heterocycles. The number of rotatable bonds is 1. The smallest absolute Gasteiger partial charge is 0.246 e. The fourth-order valence-electron chi connectivity index (χ4n) is 3.30. The molecule has 0 aromatic heterocycles. The molecule has 1 aromatic carbocycles. The summed E-state index contributed by atoms with van der Waals surface area (Å²) in [4.78, 5) is 28.3. The van der Waals surface area contributed by atoms with E-state index in [2.05, 4.69) is 0 Å². The summed E-state index contributed by atoms with van der Waals surface area (Å²) in [5.74, 6) is 0.0569. The number of fused-ring (bicyclic) bond motifs is 1. The SMILES string of the molecule is CC(=O)N1c2ccccc2CC1C(=O)N1CCCCC1. The molecule has 1 fully saturated rings. The van der Waals surface area contributed by atoms with Crippen LogP contribution in [0.4, 0.5) is 5.69 Å². The topological polar surface area (TPSA) is 40.6 Å². The Morgan fingerprint density at radius 3 is 2.50 bits per heavy atom. The van der Waals surface area contributed by atoms with E-state index in [1.54, 1.807) is 11.8 Å². The molecule has 1 aromatic rings. The second-order valence-corrected chi connectivity index (χ2v) is 5.62. The first-order valence-electron chi connectivity index (χ1n) is 7.35. The number of carbonyl (C=O) groups is 2. The number of anilines is 1. The molecule has 106 valence electrons. The van der Waals surface area contributed by atoms with Crippen molar-refractivity contribution in [1.82, 2.24) is 4.90 Å². The first-order chi connectivity index (χ1) is 9.68. The fraction of sp³-hybridized carbons (Fsp3) is 0.500. The van der Waals surface area contributed by atoms with E-state index in [1.807, 2.05) is 29.2 Å². The van der Waals surface area contributed by atoms with Crippen LogP contribution in [0.5, 0.6) is 0 Å². The van der Waals surface area contributed by atoms with E-state index >= 15 is 0 Å². The molecule has 1 atom stereocenters. The van der Waals surface area contributed by atoms with Gasteiger partial charge >= 0.3 is 0 Å². The second-order valence-electron chi connectivity index (χ2n) is 5.62. The van der Waals surface area contributed by atoms with Crippen molar-refractivity contribution >= 4 is 17.5 Å². The molecular weight excluding hydrogens is 252 g/mol. The van der Waals surface area contributed by atoms with Crippen LogP contribution in [0, 0.1) is 0 Å². The average Bonchev–Trinajstić information content (AvgIpc) is 2.86. The van der Waals surface area contributed by atoms with Crippen LogP contribution in [0.25, 0.3) is 0 Å². The number of hydrogen-bond acceptors (Lipinski definition) is 2. The van der Waals surface area contributed by atoms with E-state index in [9.17, 15) is 9.59 Å². The first kappa shape index (κ1) is 13.2. The molecule has 0 N–H and O–H groups in total. The van der Waals surface area contributed by atoms with Crippen molar-refractivity contribution in [3.63, 3.8) is 0 Å². The van der Waals surface area contributed by atoms with Crippen molar-refractivity contribution in [2.75, 3.05) is 18.0 Å². The third kappa shape index (κ3) is 2.19. The van der Waals surface area contributed by atoms with Gasteiger partial charge in [-0.25, -0.2) is 0 Å². The van der Waals surface area contributed by atoms with E-state index < -0.39 is 0 Å². The minimum atomic E-state index is -0.344. The number of benzene rings is 1. The van der Waals surface area contributed by atoms with Gasteiger partial charge in [-0.15, -0.1) is 0 Å². The predicted molar refractivity (Wildman–Crippen MR) is 77.5 cm³/mol. The second kappa shape index (κ2) is 5.27. The van der Waals surface area contributed by atoms with Gasteiger partial charge < -0.3 is 4.90 Å². The van der Waals surface area contributed by atoms with Crippen molar-refractivity contribution in [1.29, 1.82) is 0 Å². The maximum atomic E-state index is 12.7. The molecule has 1 saturated heterocycles. The first-order valence-corrected chi connectivity index (χ1v) is 7.35. The fourth-order valence-corrected chi connectivity index (χ4v) is 3.30. The molecule has 0 radical (unpaired) electrons. The van der Waals surface area contributed by atoms with E-state index in [0.29, 0.717) is 6.42 Å². The molecule has 0 aliphatic carbocycles. The quantitative estimate of drug-likeness (QED) is 0.784. The average molecular weight is 272 g/mol. The normalized spacial score (nSPS) is 21.8. The highest BCUT2D eigenvalue weighted by atomic mass is 16.2. The van der Waals surface area contributed by atoms with Gasteiger partial charge in [0.25, 0.3) is 0 Å². The van der Waals surface area contributed by atoms with Gasteiger partial charge in [-0.05, 0) is 30.9 Å². The van der Waals surface area contributed by atoms with E-state index in [-0.39, 0.29) is 17.9 Å². The summed E-state index contributed by atoms with van der Waals surface area (Å²) in [5.41, 5.74) is 1.99. The van der Waals surface area contributed by atoms with Gasteiger partial charge in [0, 0.05) is 32.1 Å². The van der Waals surface area contributed by atoms with Crippen molar-refractivity contribution in [3.05, 3.63) is 29.8 Å². The lowest BCUT2D eigenvalue weighted by atomic mass is 10.1. The molecule has 0 spiro atoms. The summed E-state index contributed by atoms with van der Waals surface area (Å²) >= 11 is 0. The molecule has 2 heterocycles. The summed E-state index contributed by atoms with van der Waals surface area (Å²) in [5, 5.41) is 0. The molecular formula is C16H20N2O2. The Morgan fingerprint density at radius 1 is 1.10 bits per heavy atom. The highest BCUT2D eigenvalue weighted by Gasteiger charge is 2.38. The Morgan fingerprint density at radius 2 is 1.80 bits per heavy atom. The number of carbonyl (C=O) groups excluding carboxylic acids is 2. The standard InChI is InChI=1S/C16H20N2O2/c1-12(19)18-14-8-4-3-7-13(14)11-15(18)16(20)17-9-5-2-6-10-17/h3-4,7-8,15H,2,5-6,9-11H2,1H3. The maximum absolute atomic E-state index is 12.7. The zero-order valence-corrected chi connectivity index (χ0v) is 11.8. The van der Waals surface area contributed by atoms with Gasteiger partial charge in [-0.3, -0.25) is 14.5 Å². The Kier molecular flexibility index (Phi) is 3.47. The number of piperidine rings is 1. The monoisotopic (exact) mass is 272 g/mol. The Balaban J connectivity index is 1.86. The van der Waals surface area contributed by atoms with Crippen molar-refractivity contribution in [2.24, 2.45) is 0 Å². The number of nitrogens with zero attached hydrogens (tertiary/aromatic N) is 2. The zero-order valence-electron chi connectivity index (χ0n) is 11.8. The van der Waals surface area contributed by atoms with Crippen LogP contribution >= 0.6 is 0 Å². The van der Waals surface area contributed by atoms with Gasteiger partial charge in [-0.1, -0.05) is 18.2 Å². The van der Waals surface area contributed by atoms with Crippen LogP contribution in [0.3, 0.4) is 0 Å². The van der Waals surface area contributed by atoms with Crippen LogP contribution < -0.4 is 4.90 Å². The third-order valence-electron chi connectivity index (χ3n) is 4.27. The molecule has 4 nitrogen and oxygen atoms in total. The third-order valence-corrected chi connectivity index (χ3v) is 4.27. The maximum Gasteiger partial charge on any atom is 0.246 e.